The van der Waals surface area contributed by atoms with Gasteiger partial charge in [-0.1, -0.05) is 12.1 Å². The molecule has 0 saturated carbocycles. The Morgan fingerprint density at radius 1 is 1.21 bits per heavy atom. The molecule has 0 aliphatic heterocycles. The Hall–Kier alpha value is -1.04. The molecule has 4 nitrogen and oxygen atoms in total. The highest BCUT2D eigenvalue weighted by Crippen LogP contribution is 2.15. The second-order valence-corrected chi connectivity index (χ2v) is 5.64. The van der Waals surface area contributed by atoms with Crippen LogP contribution in [0.5, 0.6) is 0 Å². The summed E-state index contributed by atoms with van der Waals surface area (Å²) in [6.07, 6.45) is 2.04. The molecule has 0 saturated heterocycles. The number of aliphatic carboxylic acids is 1. The van der Waals surface area contributed by atoms with Gasteiger partial charge >= 0.3 is 5.97 Å². The van der Waals surface area contributed by atoms with Gasteiger partial charge in [0, 0.05) is 24.5 Å². The van der Waals surface area contributed by atoms with Crippen molar-refractivity contribution in [1.82, 2.24) is 9.80 Å². The number of carboxylic acids is 1. The third-order valence-electron chi connectivity index (χ3n) is 2.79. The predicted molar refractivity (Wildman–Crippen MR) is 79.7 cm³/mol. The van der Waals surface area contributed by atoms with Crippen LogP contribution < -0.4 is 0 Å². The molecule has 0 fully saturated rings. The van der Waals surface area contributed by atoms with Crippen molar-refractivity contribution >= 4 is 17.7 Å². The monoisotopic (exact) mass is 282 g/mol. The molecule has 0 atom stereocenters. The highest BCUT2D eigenvalue weighted by atomic mass is 32.2. The maximum Gasteiger partial charge on any atom is 0.317 e. The Balaban J connectivity index is 2.61. The normalized spacial score (nSPS) is 11.2. The van der Waals surface area contributed by atoms with E-state index < -0.39 is 5.97 Å². The molecule has 0 aromatic heterocycles. The first-order chi connectivity index (χ1) is 9.01. The highest BCUT2D eigenvalue weighted by Gasteiger charge is 2.10. The van der Waals surface area contributed by atoms with Crippen molar-refractivity contribution in [2.24, 2.45) is 0 Å². The Kier molecular flexibility index (Phi) is 6.91. The van der Waals surface area contributed by atoms with Crippen LogP contribution in [0.25, 0.3) is 0 Å². The molecule has 1 N–H and O–H groups in total. The average Bonchev–Trinajstić information content (AvgIpc) is 2.36. The lowest BCUT2D eigenvalue weighted by Gasteiger charge is -2.22. The number of rotatable bonds is 8. The maximum absolute atomic E-state index is 10.9. The summed E-state index contributed by atoms with van der Waals surface area (Å²) in [6.45, 7) is 2.37. The van der Waals surface area contributed by atoms with Gasteiger partial charge in [0.15, 0.2) is 0 Å². The molecule has 0 heterocycles. The topological polar surface area (TPSA) is 43.8 Å². The summed E-state index contributed by atoms with van der Waals surface area (Å²) in [7, 11) is 3.98. The fourth-order valence-electron chi connectivity index (χ4n) is 1.74. The summed E-state index contributed by atoms with van der Waals surface area (Å²) in [4.78, 5) is 16.1. The molecule has 1 aromatic rings. The van der Waals surface area contributed by atoms with Crippen LogP contribution in [0.15, 0.2) is 29.2 Å². The predicted octanol–water partition coefficient (Wildman–Crippen LogP) is 1.86. The van der Waals surface area contributed by atoms with Gasteiger partial charge in [-0.15, -0.1) is 11.8 Å². The third kappa shape index (κ3) is 6.61. The van der Waals surface area contributed by atoms with Gasteiger partial charge in [0.25, 0.3) is 0 Å². The second kappa shape index (κ2) is 8.19. The van der Waals surface area contributed by atoms with Crippen molar-refractivity contribution in [2.75, 3.05) is 40.0 Å². The van der Waals surface area contributed by atoms with E-state index in [0.717, 1.165) is 18.7 Å². The number of carboxylic acid groups (broad SMARTS) is 1. The number of hydrogen-bond donors (Lipinski definition) is 1. The zero-order chi connectivity index (χ0) is 14.3. The molecule has 1 aromatic carbocycles. The molecule has 1 rings (SSSR count). The van der Waals surface area contributed by atoms with Gasteiger partial charge < -0.3 is 10.0 Å². The highest BCUT2D eigenvalue weighted by molar-refractivity contribution is 7.98. The van der Waals surface area contributed by atoms with Crippen molar-refractivity contribution < 1.29 is 9.90 Å². The van der Waals surface area contributed by atoms with Crippen molar-refractivity contribution in [3.8, 4) is 0 Å². The fourth-order valence-corrected chi connectivity index (χ4v) is 2.14. The van der Waals surface area contributed by atoms with Crippen LogP contribution in [-0.2, 0) is 11.3 Å². The van der Waals surface area contributed by atoms with Gasteiger partial charge in [-0.25, -0.2) is 0 Å². The van der Waals surface area contributed by atoms with Crippen molar-refractivity contribution in [3.05, 3.63) is 29.8 Å². The Labute approximate surface area is 119 Å². The van der Waals surface area contributed by atoms with E-state index in [9.17, 15) is 4.79 Å². The van der Waals surface area contributed by atoms with Crippen molar-refractivity contribution in [1.29, 1.82) is 0 Å². The van der Waals surface area contributed by atoms with Gasteiger partial charge in [-0.05, 0) is 38.0 Å². The quantitative estimate of drug-likeness (QED) is 0.737. The first-order valence-corrected chi connectivity index (χ1v) is 7.45. The van der Waals surface area contributed by atoms with Crippen LogP contribution >= 0.6 is 11.8 Å². The standard InChI is InChI=1S/C14H22N2O2S/c1-15(2)8-9-16(11-14(17)18)10-12-4-6-13(19-3)7-5-12/h4-7H,8-11H2,1-3H3,(H,17,18). The third-order valence-corrected chi connectivity index (χ3v) is 3.53. The van der Waals surface area contributed by atoms with E-state index in [1.54, 1.807) is 11.8 Å². The van der Waals surface area contributed by atoms with Gasteiger partial charge in [0.2, 0.25) is 0 Å². The number of likely N-dealkylation sites (N-methyl/N-ethyl adjacent to an activating group) is 1. The van der Waals surface area contributed by atoms with Crippen LogP contribution in [0.1, 0.15) is 5.56 Å². The Morgan fingerprint density at radius 2 is 1.84 bits per heavy atom. The molecule has 0 radical (unpaired) electrons. The van der Waals surface area contributed by atoms with Crippen LogP contribution in [0.3, 0.4) is 0 Å². The first-order valence-electron chi connectivity index (χ1n) is 6.23. The molecule has 5 heteroatoms. The van der Waals surface area contributed by atoms with E-state index in [1.165, 1.54) is 4.90 Å². The number of carbonyl (C=O) groups is 1. The summed E-state index contributed by atoms with van der Waals surface area (Å²) in [5.74, 6) is -0.778. The zero-order valence-electron chi connectivity index (χ0n) is 11.8. The lowest BCUT2D eigenvalue weighted by Crippen LogP contribution is -2.35. The number of thioether (sulfide) groups is 1. The molecule has 19 heavy (non-hydrogen) atoms. The molecular weight excluding hydrogens is 260 g/mol. The average molecular weight is 282 g/mol. The zero-order valence-corrected chi connectivity index (χ0v) is 12.6. The minimum absolute atomic E-state index is 0.0815. The van der Waals surface area contributed by atoms with E-state index in [-0.39, 0.29) is 6.54 Å². The summed E-state index contributed by atoms with van der Waals surface area (Å²) >= 11 is 1.71. The van der Waals surface area contributed by atoms with E-state index in [0.29, 0.717) is 6.54 Å². The van der Waals surface area contributed by atoms with E-state index >= 15 is 0 Å². The van der Waals surface area contributed by atoms with Crippen molar-refractivity contribution in [3.63, 3.8) is 0 Å². The van der Waals surface area contributed by atoms with Gasteiger partial charge in [0.05, 0.1) is 6.54 Å². The minimum atomic E-state index is -0.778. The molecule has 106 valence electrons. The number of hydrogen-bond acceptors (Lipinski definition) is 4. The first kappa shape index (κ1) is 16.0. The fraction of sp³-hybridized carbons (Fsp3) is 0.500. The molecule has 0 spiro atoms. The van der Waals surface area contributed by atoms with Crippen LogP contribution in [0.4, 0.5) is 0 Å². The number of benzene rings is 1. The molecular formula is C14H22N2O2S. The van der Waals surface area contributed by atoms with Crippen LogP contribution in [0.2, 0.25) is 0 Å². The van der Waals surface area contributed by atoms with Crippen LogP contribution in [-0.4, -0.2) is 60.9 Å². The second-order valence-electron chi connectivity index (χ2n) is 4.76. The summed E-state index contributed by atoms with van der Waals surface area (Å²) < 4.78 is 0. The lowest BCUT2D eigenvalue weighted by atomic mass is 10.2. The molecule has 0 amide bonds. The summed E-state index contributed by atoms with van der Waals surface area (Å²) in [6, 6.07) is 8.28. The van der Waals surface area contributed by atoms with Crippen LogP contribution in [0, 0.1) is 0 Å². The molecule has 0 aliphatic carbocycles. The smallest absolute Gasteiger partial charge is 0.317 e. The summed E-state index contributed by atoms with van der Waals surface area (Å²) in [5.41, 5.74) is 1.15. The van der Waals surface area contributed by atoms with Gasteiger partial charge in [-0.2, -0.15) is 0 Å². The summed E-state index contributed by atoms with van der Waals surface area (Å²) in [5, 5.41) is 8.95. The Bertz CT molecular complexity index is 393. The van der Waals surface area contributed by atoms with E-state index in [2.05, 4.69) is 29.2 Å². The SMILES string of the molecule is CSc1ccc(CN(CCN(C)C)CC(=O)O)cc1. The molecule has 0 aliphatic rings. The van der Waals surface area contributed by atoms with E-state index in [4.69, 9.17) is 5.11 Å². The largest absolute Gasteiger partial charge is 0.480 e. The molecule has 0 unspecified atom stereocenters. The Morgan fingerprint density at radius 3 is 2.32 bits per heavy atom. The lowest BCUT2D eigenvalue weighted by molar-refractivity contribution is -0.138. The van der Waals surface area contributed by atoms with E-state index in [1.807, 2.05) is 25.3 Å². The maximum atomic E-state index is 10.9. The molecule has 0 bridgehead atoms. The van der Waals surface area contributed by atoms with Gasteiger partial charge in [-0.3, -0.25) is 9.69 Å². The minimum Gasteiger partial charge on any atom is -0.480 e. The van der Waals surface area contributed by atoms with Crippen molar-refractivity contribution in [2.45, 2.75) is 11.4 Å². The van der Waals surface area contributed by atoms with Gasteiger partial charge in [0.1, 0.15) is 0 Å². The number of nitrogens with zero attached hydrogens (tertiary/aromatic N) is 2.